The molecule has 0 radical (unpaired) electrons. The Morgan fingerprint density at radius 2 is 2.00 bits per heavy atom. The van der Waals surface area contributed by atoms with Gasteiger partial charge in [0.15, 0.2) is 0 Å². The molecular weight excluding hydrogens is 282 g/mol. The number of hydrogen-bond donors (Lipinski definition) is 1. The van der Waals surface area contributed by atoms with Crippen molar-refractivity contribution in [3.05, 3.63) is 22.8 Å². The van der Waals surface area contributed by atoms with Crippen LogP contribution >= 0.6 is 11.6 Å². The molecule has 1 N–H and O–H groups in total. The number of rotatable bonds is 6. The molecule has 1 aliphatic rings. The average molecular weight is 310 g/mol. The van der Waals surface area contributed by atoms with Crippen LogP contribution in [0.3, 0.4) is 0 Å². The number of pyridine rings is 1. The van der Waals surface area contributed by atoms with Crippen LogP contribution in [-0.4, -0.2) is 23.1 Å². The molecule has 2 rings (SSSR count). The van der Waals surface area contributed by atoms with Gasteiger partial charge in [-0.1, -0.05) is 25.4 Å². The van der Waals surface area contributed by atoms with Crippen molar-refractivity contribution in [3.8, 4) is 0 Å². The molecule has 0 bridgehead atoms. The third-order valence-corrected chi connectivity index (χ3v) is 3.88. The Morgan fingerprint density at radius 3 is 2.52 bits per heavy atom. The van der Waals surface area contributed by atoms with Crippen LogP contribution in [-0.2, 0) is 6.54 Å². The van der Waals surface area contributed by atoms with Gasteiger partial charge >= 0.3 is 0 Å². The van der Waals surface area contributed by atoms with Crippen molar-refractivity contribution in [3.63, 3.8) is 0 Å². The zero-order chi connectivity index (χ0) is 15.6. The average Bonchev–Trinajstić information content (AvgIpc) is 3.18. The van der Waals surface area contributed by atoms with Gasteiger partial charge in [0.2, 0.25) is 0 Å². The highest BCUT2D eigenvalue weighted by Crippen LogP contribution is 2.32. The van der Waals surface area contributed by atoms with Crippen molar-refractivity contribution in [1.82, 2.24) is 10.3 Å². The van der Waals surface area contributed by atoms with E-state index in [4.69, 9.17) is 16.6 Å². The lowest BCUT2D eigenvalue weighted by Gasteiger charge is -2.27. The molecule has 1 aromatic rings. The van der Waals surface area contributed by atoms with Crippen molar-refractivity contribution in [2.45, 2.75) is 65.6 Å². The molecule has 0 amide bonds. The zero-order valence-corrected chi connectivity index (χ0v) is 14.7. The number of hydrogen-bond acceptors (Lipinski definition) is 3. The summed E-state index contributed by atoms with van der Waals surface area (Å²) in [7, 11) is 0. The molecule has 0 atom stereocenters. The van der Waals surface area contributed by atoms with Gasteiger partial charge in [-0.25, -0.2) is 4.98 Å². The fourth-order valence-corrected chi connectivity index (χ4v) is 2.49. The zero-order valence-electron chi connectivity index (χ0n) is 13.9. The van der Waals surface area contributed by atoms with E-state index in [-0.39, 0.29) is 5.54 Å². The molecule has 3 nitrogen and oxygen atoms in total. The lowest BCUT2D eigenvalue weighted by Crippen LogP contribution is -2.36. The van der Waals surface area contributed by atoms with E-state index in [1.165, 1.54) is 12.8 Å². The summed E-state index contributed by atoms with van der Waals surface area (Å²) in [5, 5.41) is 4.21. The van der Waals surface area contributed by atoms with Gasteiger partial charge in [-0.2, -0.15) is 0 Å². The fraction of sp³-hybridized carbons (Fsp3) is 0.706. The SMILES string of the molecule is CC(C)CN(c1ccc(Cl)c(CNC(C)(C)C)n1)C1CC1. The number of nitrogens with one attached hydrogen (secondary N) is 1. The lowest BCUT2D eigenvalue weighted by molar-refractivity contribution is 0.421. The first-order chi connectivity index (χ1) is 9.76. The Kier molecular flexibility index (Phi) is 5.15. The molecule has 4 heteroatoms. The van der Waals surface area contributed by atoms with E-state index in [0.717, 1.165) is 23.1 Å². The van der Waals surface area contributed by atoms with Gasteiger partial charge < -0.3 is 10.2 Å². The molecule has 0 unspecified atom stereocenters. The fourth-order valence-electron chi connectivity index (χ4n) is 2.31. The maximum Gasteiger partial charge on any atom is 0.129 e. The van der Waals surface area contributed by atoms with Crippen LogP contribution in [0, 0.1) is 5.92 Å². The summed E-state index contributed by atoms with van der Waals surface area (Å²) in [4.78, 5) is 7.27. The molecule has 1 aliphatic carbocycles. The van der Waals surface area contributed by atoms with E-state index in [1.807, 2.05) is 6.07 Å². The second-order valence-corrected chi connectivity index (χ2v) is 7.89. The van der Waals surface area contributed by atoms with E-state index in [9.17, 15) is 0 Å². The third kappa shape index (κ3) is 5.15. The largest absolute Gasteiger partial charge is 0.353 e. The first-order valence-corrected chi connectivity index (χ1v) is 8.31. The van der Waals surface area contributed by atoms with Crippen LogP contribution in [0.25, 0.3) is 0 Å². The topological polar surface area (TPSA) is 28.2 Å². The summed E-state index contributed by atoms with van der Waals surface area (Å²) in [6.07, 6.45) is 2.57. The summed E-state index contributed by atoms with van der Waals surface area (Å²) < 4.78 is 0. The highest BCUT2D eigenvalue weighted by Gasteiger charge is 2.30. The van der Waals surface area contributed by atoms with E-state index in [0.29, 0.717) is 18.5 Å². The van der Waals surface area contributed by atoms with Crippen LogP contribution in [0.1, 0.15) is 53.2 Å². The second-order valence-electron chi connectivity index (χ2n) is 7.48. The van der Waals surface area contributed by atoms with Crippen molar-refractivity contribution in [2.24, 2.45) is 5.92 Å². The first kappa shape index (κ1) is 16.6. The lowest BCUT2D eigenvalue weighted by atomic mass is 10.1. The van der Waals surface area contributed by atoms with Gasteiger partial charge in [0.1, 0.15) is 5.82 Å². The molecule has 1 fully saturated rings. The highest BCUT2D eigenvalue weighted by atomic mass is 35.5. The summed E-state index contributed by atoms with van der Waals surface area (Å²) >= 11 is 6.31. The monoisotopic (exact) mass is 309 g/mol. The van der Waals surface area contributed by atoms with Crippen molar-refractivity contribution >= 4 is 17.4 Å². The van der Waals surface area contributed by atoms with Crippen molar-refractivity contribution < 1.29 is 0 Å². The van der Waals surface area contributed by atoms with Crippen LogP contribution in [0.2, 0.25) is 5.02 Å². The van der Waals surface area contributed by atoms with Gasteiger partial charge in [0, 0.05) is 24.7 Å². The quantitative estimate of drug-likeness (QED) is 0.851. The summed E-state index contributed by atoms with van der Waals surface area (Å²) in [5.41, 5.74) is 1.01. The maximum absolute atomic E-state index is 6.31. The van der Waals surface area contributed by atoms with Gasteiger partial charge in [0.05, 0.1) is 10.7 Å². The first-order valence-electron chi connectivity index (χ1n) is 7.93. The minimum absolute atomic E-state index is 0.0646. The summed E-state index contributed by atoms with van der Waals surface area (Å²) in [6.45, 7) is 12.7. The second kappa shape index (κ2) is 6.53. The van der Waals surface area contributed by atoms with Crippen LogP contribution in [0.15, 0.2) is 12.1 Å². The Morgan fingerprint density at radius 1 is 1.33 bits per heavy atom. The summed E-state index contributed by atoms with van der Waals surface area (Å²) in [5.74, 6) is 1.71. The molecule has 1 saturated carbocycles. The Hall–Kier alpha value is -0.800. The molecular formula is C17H28ClN3. The smallest absolute Gasteiger partial charge is 0.129 e. The summed E-state index contributed by atoms with van der Waals surface area (Å²) in [6, 6.07) is 4.72. The molecule has 21 heavy (non-hydrogen) atoms. The van der Waals surface area contributed by atoms with E-state index >= 15 is 0 Å². The van der Waals surface area contributed by atoms with E-state index in [1.54, 1.807) is 0 Å². The molecule has 0 aromatic carbocycles. The normalized spacial score (nSPS) is 15.6. The molecule has 1 aromatic heterocycles. The van der Waals surface area contributed by atoms with Crippen LogP contribution in [0.5, 0.6) is 0 Å². The standard InChI is InChI=1S/C17H28ClN3/c1-12(2)11-21(13-6-7-13)16-9-8-14(18)15(20-16)10-19-17(3,4)5/h8-9,12-13,19H,6-7,10-11H2,1-5H3. The molecule has 0 spiro atoms. The predicted molar refractivity (Wildman–Crippen MR) is 91.0 cm³/mol. The number of nitrogens with zero attached hydrogens (tertiary/aromatic N) is 2. The minimum Gasteiger partial charge on any atom is -0.353 e. The van der Waals surface area contributed by atoms with E-state index < -0.39 is 0 Å². The number of anilines is 1. The Balaban J connectivity index is 2.16. The molecule has 0 aliphatic heterocycles. The van der Waals surface area contributed by atoms with Gasteiger partial charge in [-0.05, 0) is 51.7 Å². The Bertz CT molecular complexity index is 475. The maximum atomic E-state index is 6.31. The Labute approximate surface area is 134 Å². The van der Waals surface area contributed by atoms with Crippen LogP contribution < -0.4 is 10.2 Å². The van der Waals surface area contributed by atoms with Gasteiger partial charge in [-0.15, -0.1) is 0 Å². The van der Waals surface area contributed by atoms with E-state index in [2.05, 4.69) is 50.9 Å². The van der Waals surface area contributed by atoms with Crippen molar-refractivity contribution in [2.75, 3.05) is 11.4 Å². The number of halogens is 1. The minimum atomic E-state index is 0.0646. The predicted octanol–water partition coefficient (Wildman–Crippen LogP) is 4.25. The van der Waals surface area contributed by atoms with Crippen LogP contribution in [0.4, 0.5) is 5.82 Å². The molecule has 0 saturated heterocycles. The third-order valence-electron chi connectivity index (χ3n) is 3.53. The van der Waals surface area contributed by atoms with Crippen molar-refractivity contribution in [1.29, 1.82) is 0 Å². The molecule has 1 heterocycles. The van der Waals surface area contributed by atoms with Gasteiger partial charge in [0.25, 0.3) is 0 Å². The van der Waals surface area contributed by atoms with Gasteiger partial charge in [-0.3, -0.25) is 0 Å². The highest BCUT2D eigenvalue weighted by molar-refractivity contribution is 6.31. The number of aromatic nitrogens is 1. The molecule has 118 valence electrons.